The summed E-state index contributed by atoms with van der Waals surface area (Å²) in [5.41, 5.74) is 8.37. The standard InChI is InChI=1S/C22H19ClN2O2S/c23-18-11-9-16(10-12-18)21(15-5-2-1-3-6-15)28-14-20(26)25-19-8-4-7-17(13-19)22(24)27/h1-13,21H,14H2,(H2,24,27)(H,25,26). The van der Waals surface area contributed by atoms with E-state index < -0.39 is 5.91 Å². The normalized spacial score (nSPS) is 11.6. The van der Waals surface area contributed by atoms with Gasteiger partial charge in [-0.1, -0.05) is 60.1 Å². The molecule has 0 fully saturated rings. The summed E-state index contributed by atoms with van der Waals surface area (Å²) >= 11 is 7.54. The smallest absolute Gasteiger partial charge is 0.248 e. The molecule has 0 radical (unpaired) electrons. The minimum absolute atomic E-state index is 0.00108. The van der Waals surface area contributed by atoms with Gasteiger partial charge in [-0.3, -0.25) is 9.59 Å². The zero-order valence-corrected chi connectivity index (χ0v) is 16.5. The lowest BCUT2D eigenvalue weighted by atomic mass is 10.0. The minimum Gasteiger partial charge on any atom is -0.366 e. The molecular formula is C22H19ClN2O2S. The van der Waals surface area contributed by atoms with Gasteiger partial charge in [-0.05, 0) is 41.5 Å². The largest absolute Gasteiger partial charge is 0.366 e. The van der Waals surface area contributed by atoms with E-state index in [1.807, 2.05) is 54.6 Å². The third kappa shape index (κ3) is 5.38. The second-order valence-corrected chi connectivity index (χ2v) is 7.68. The van der Waals surface area contributed by atoms with Gasteiger partial charge in [0.05, 0.1) is 11.0 Å². The van der Waals surface area contributed by atoms with Gasteiger partial charge in [0.2, 0.25) is 11.8 Å². The van der Waals surface area contributed by atoms with E-state index in [1.165, 1.54) is 11.8 Å². The van der Waals surface area contributed by atoms with Crippen molar-refractivity contribution in [1.82, 2.24) is 0 Å². The number of anilines is 1. The Morgan fingerprint density at radius 3 is 2.29 bits per heavy atom. The number of carbonyl (C=O) groups excluding carboxylic acids is 2. The van der Waals surface area contributed by atoms with Crippen LogP contribution < -0.4 is 11.1 Å². The van der Waals surface area contributed by atoms with Crippen LogP contribution in [0.15, 0.2) is 78.9 Å². The van der Waals surface area contributed by atoms with Gasteiger partial charge in [0.1, 0.15) is 0 Å². The average molecular weight is 411 g/mol. The van der Waals surface area contributed by atoms with Gasteiger partial charge >= 0.3 is 0 Å². The van der Waals surface area contributed by atoms with Crippen molar-refractivity contribution >= 4 is 40.9 Å². The van der Waals surface area contributed by atoms with Gasteiger partial charge in [-0.25, -0.2) is 0 Å². The van der Waals surface area contributed by atoms with E-state index in [-0.39, 0.29) is 16.9 Å². The SMILES string of the molecule is NC(=O)c1cccc(NC(=O)CSC(c2ccccc2)c2ccc(Cl)cc2)c1. The molecule has 0 bridgehead atoms. The van der Waals surface area contributed by atoms with E-state index >= 15 is 0 Å². The highest BCUT2D eigenvalue weighted by Crippen LogP contribution is 2.36. The number of primary amides is 1. The summed E-state index contributed by atoms with van der Waals surface area (Å²) in [5, 5.41) is 3.49. The first-order valence-electron chi connectivity index (χ1n) is 8.64. The highest BCUT2D eigenvalue weighted by molar-refractivity contribution is 8.00. The van der Waals surface area contributed by atoms with Crippen LogP contribution in [0.5, 0.6) is 0 Å². The molecule has 6 heteroatoms. The first-order valence-corrected chi connectivity index (χ1v) is 10.1. The van der Waals surface area contributed by atoms with E-state index in [1.54, 1.807) is 24.3 Å². The number of nitrogens with one attached hydrogen (secondary N) is 1. The fourth-order valence-corrected chi connectivity index (χ4v) is 3.97. The summed E-state index contributed by atoms with van der Waals surface area (Å²) in [6.45, 7) is 0. The predicted molar refractivity (Wildman–Crippen MR) is 116 cm³/mol. The molecule has 0 aromatic heterocycles. The molecule has 1 atom stereocenters. The lowest BCUT2D eigenvalue weighted by molar-refractivity contribution is -0.113. The molecule has 28 heavy (non-hydrogen) atoms. The number of carbonyl (C=O) groups is 2. The molecule has 2 amide bonds. The Hall–Kier alpha value is -2.76. The Morgan fingerprint density at radius 2 is 1.61 bits per heavy atom. The molecule has 0 heterocycles. The molecule has 0 aliphatic heterocycles. The second kappa shape index (κ2) is 9.44. The van der Waals surface area contributed by atoms with Crippen molar-refractivity contribution < 1.29 is 9.59 Å². The number of amides is 2. The summed E-state index contributed by atoms with van der Waals surface area (Å²) in [4.78, 5) is 23.7. The number of nitrogens with two attached hydrogens (primary N) is 1. The molecule has 3 aromatic rings. The molecule has 1 unspecified atom stereocenters. The molecule has 0 saturated carbocycles. The molecule has 4 nitrogen and oxygen atoms in total. The summed E-state index contributed by atoms with van der Waals surface area (Å²) in [7, 11) is 0. The Labute approximate surface area is 173 Å². The van der Waals surface area contributed by atoms with E-state index in [0.717, 1.165) is 11.1 Å². The van der Waals surface area contributed by atoms with Crippen molar-refractivity contribution in [2.24, 2.45) is 5.73 Å². The van der Waals surface area contributed by atoms with E-state index in [2.05, 4.69) is 5.32 Å². The highest BCUT2D eigenvalue weighted by Gasteiger charge is 2.17. The van der Waals surface area contributed by atoms with Crippen LogP contribution in [0.3, 0.4) is 0 Å². The average Bonchev–Trinajstić information content (AvgIpc) is 2.70. The van der Waals surface area contributed by atoms with Crippen molar-refractivity contribution in [3.63, 3.8) is 0 Å². The zero-order chi connectivity index (χ0) is 19.9. The maximum Gasteiger partial charge on any atom is 0.248 e. The number of benzene rings is 3. The zero-order valence-electron chi connectivity index (χ0n) is 15.0. The van der Waals surface area contributed by atoms with Crippen molar-refractivity contribution in [2.45, 2.75) is 5.25 Å². The van der Waals surface area contributed by atoms with E-state index in [4.69, 9.17) is 17.3 Å². The monoisotopic (exact) mass is 410 g/mol. The van der Waals surface area contributed by atoms with Gasteiger partial charge < -0.3 is 11.1 Å². The third-order valence-electron chi connectivity index (χ3n) is 4.09. The second-order valence-electron chi connectivity index (χ2n) is 6.15. The van der Waals surface area contributed by atoms with Crippen LogP contribution in [0.1, 0.15) is 26.7 Å². The Morgan fingerprint density at radius 1 is 0.929 bits per heavy atom. The van der Waals surface area contributed by atoms with Crippen LogP contribution >= 0.6 is 23.4 Å². The third-order valence-corrected chi connectivity index (χ3v) is 5.65. The number of hydrogen-bond donors (Lipinski definition) is 2. The van der Waals surface area contributed by atoms with Crippen molar-refractivity contribution in [3.8, 4) is 0 Å². The molecule has 0 saturated heterocycles. The minimum atomic E-state index is -0.530. The van der Waals surface area contributed by atoms with Gasteiger partial charge in [-0.2, -0.15) is 0 Å². The number of thioether (sulfide) groups is 1. The molecule has 3 N–H and O–H groups in total. The lowest BCUT2D eigenvalue weighted by Crippen LogP contribution is -2.16. The molecule has 0 aliphatic rings. The lowest BCUT2D eigenvalue weighted by Gasteiger charge is -2.18. The molecule has 0 aliphatic carbocycles. The predicted octanol–water partition coefficient (Wildman–Crippen LogP) is 4.90. The Balaban J connectivity index is 1.71. The van der Waals surface area contributed by atoms with Crippen LogP contribution in [0.2, 0.25) is 5.02 Å². The van der Waals surface area contributed by atoms with Crippen molar-refractivity contribution in [2.75, 3.05) is 11.1 Å². The maximum absolute atomic E-state index is 12.4. The van der Waals surface area contributed by atoms with Gasteiger partial charge in [0.15, 0.2) is 0 Å². The van der Waals surface area contributed by atoms with E-state index in [0.29, 0.717) is 16.3 Å². The molecular weight excluding hydrogens is 392 g/mol. The quantitative estimate of drug-likeness (QED) is 0.581. The van der Waals surface area contributed by atoms with Gasteiger partial charge in [-0.15, -0.1) is 11.8 Å². The van der Waals surface area contributed by atoms with Crippen LogP contribution in [-0.2, 0) is 4.79 Å². The molecule has 3 aromatic carbocycles. The van der Waals surface area contributed by atoms with Crippen molar-refractivity contribution in [1.29, 1.82) is 0 Å². The van der Waals surface area contributed by atoms with Crippen LogP contribution in [0.4, 0.5) is 5.69 Å². The Bertz CT molecular complexity index is 962. The van der Waals surface area contributed by atoms with Crippen LogP contribution in [0.25, 0.3) is 0 Å². The molecule has 0 spiro atoms. The summed E-state index contributed by atoms with van der Waals surface area (Å²) < 4.78 is 0. The summed E-state index contributed by atoms with van der Waals surface area (Å²) in [6, 6.07) is 24.2. The summed E-state index contributed by atoms with van der Waals surface area (Å²) in [5.74, 6) is -0.429. The topological polar surface area (TPSA) is 72.2 Å². The van der Waals surface area contributed by atoms with Gasteiger partial charge in [0, 0.05) is 16.3 Å². The first kappa shape index (κ1) is 20.0. The number of hydrogen-bond acceptors (Lipinski definition) is 3. The molecule has 3 rings (SSSR count). The highest BCUT2D eigenvalue weighted by atomic mass is 35.5. The van der Waals surface area contributed by atoms with Crippen LogP contribution in [0, 0.1) is 0 Å². The summed E-state index contributed by atoms with van der Waals surface area (Å²) in [6.07, 6.45) is 0. The molecule has 142 valence electrons. The fraction of sp³-hybridized carbons (Fsp3) is 0.0909. The number of rotatable bonds is 7. The van der Waals surface area contributed by atoms with Crippen molar-refractivity contribution in [3.05, 3.63) is 101 Å². The number of halogens is 1. The Kier molecular flexibility index (Phi) is 6.74. The van der Waals surface area contributed by atoms with Crippen LogP contribution in [-0.4, -0.2) is 17.6 Å². The van der Waals surface area contributed by atoms with Gasteiger partial charge in [0.25, 0.3) is 0 Å². The van der Waals surface area contributed by atoms with E-state index in [9.17, 15) is 9.59 Å². The first-order chi connectivity index (χ1) is 13.5. The maximum atomic E-state index is 12.4. The fourth-order valence-electron chi connectivity index (χ4n) is 2.76.